The van der Waals surface area contributed by atoms with Crippen LogP contribution in [0.4, 0.5) is 5.95 Å². The van der Waals surface area contributed by atoms with E-state index in [0.717, 1.165) is 13.0 Å². The van der Waals surface area contributed by atoms with E-state index >= 15 is 0 Å². The number of β-amino-alcohol motifs (C(OH)–C–C–N with tert-alkyl or cyclic N) is 1. The number of piperidine rings is 1. The van der Waals surface area contributed by atoms with Gasteiger partial charge >= 0.3 is 0 Å². The van der Waals surface area contributed by atoms with Gasteiger partial charge in [0.1, 0.15) is 0 Å². The lowest BCUT2D eigenvalue weighted by atomic mass is 9.93. The third kappa shape index (κ3) is 3.53. The molecule has 1 atom stereocenters. The van der Waals surface area contributed by atoms with Crippen LogP contribution in [0.5, 0.6) is 0 Å². The van der Waals surface area contributed by atoms with Gasteiger partial charge in [-0.1, -0.05) is 0 Å². The molecule has 1 unspecified atom stereocenters. The van der Waals surface area contributed by atoms with E-state index in [1.54, 1.807) is 43.3 Å². The topological polar surface area (TPSA) is 96.2 Å². The van der Waals surface area contributed by atoms with Crippen LogP contribution in [0.3, 0.4) is 0 Å². The van der Waals surface area contributed by atoms with Gasteiger partial charge < -0.3 is 15.3 Å². The Bertz CT molecular complexity index is 717. The summed E-state index contributed by atoms with van der Waals surface area (Å²) in [6, 6.07) is 1.76. The summed E-state index contributed by atoms with van der Waals surface area (Å²) in [6.07, 6.45) is 6.49. The first kappa shape index (κ1) is 16.4. The maximum absolute atomic E-state index is 12.3. The molecule has 0 spiro atoms. The summed E-state index contributed by atoms with van der Waals surface area (Å²) in [5.41, 5.74) is 0.202. The smallest absolute Gasteiger partial charge is 0.254 e. The van der Waals surface area contributed by atoms with Crippen molar-refractivity contribution in [1.29, 1.82) is 0 Å². The van der Waals surface area contributed by atoms with Crippen LogP contribution in [0.25, 0.3) is 0 Å². The molecule has 0 aromatic carbocycles. The summed E-state index contributed by atoms with van der Waals surface area (Å²) < 4.78 is 1.61. The molecule has 0 saturated carbocycles. The SMILES string of the molecule is Cc1nn(C)cc1C(=O)NCC1(O)CCCN(c2ncccn2)C1. The Morgan fingerprint density at radius 1 is 1.42 bits per heavy atom. The molecule has 1 aliphatic rings. The molecule has 0 aliphatic carbocycles. The lowest BCUT2D eigenvalue weighted by Gasteiger charge is -2.39. The Morgan fingerprint density at radius 3 is 2.83 bits per heavy atom. The molecule has 2 aromatic heterocycles. The van der Waals surface area contributed by atoms with Crippen molar-refractivity contribution in [2.45, 2.75) is 25.4 Å². The average Bonchev–Trinajstić information content (AvgIpc) is 2.92. The van der Waals surface area contributed by atoms with Gasteiger partial charge in [0.25, 0.3) is 5.91 Å². The zero-order valence-electron chi connectivity index (χ0n) is 13.9. The zero-order valence-corrected chi connectivity index (χ0v) is 13.9. The molecule has 128 valence electrons. The number of rotatable bonds is 4. The fourth-order valence-electron chi connectivity index (χ4n) is 3.04. The van der Waals surface area contributed by atoms with E-state index in [9.17, 15) is 9.90 Å². The number of aromatic nitrogens is 4. The maximum atomic E-state index is 12.3. The Balaban J connectivity index is 1.63. The Kier molecular flexibility index (Phi) is 4.48. The highest BCUT2D eigenvalue weighted by atomic mass is 16.3. The molecule has 2 aromatic rings. The molecule has 3 rings (SSSR count). The van der Waals surface area contributed by atoms with Crippen LogP contribution in [0.15, 0.2) is 24.7 Å². The minimum Gasteiger partial charge on any atom is -0.386 e. The molecule has 8 heteroatoms. The van der Waals surface area contributed by atoms with Crippen LogP contribution in [-0.2, 0) is 7.05 Å². The van der Waals surface area contributed by atoms with Gasteiger partial charge in [0.05, 0.1) is 23.4 Å². The highest BCUT2D eigenvalue weighted by Crippen LogP contribution is 2.23. The number of hydrogen-bond donors (Lipinski definition) is 2. The minimum absolute atomic E-state index is 0.184. The summed E-state index contributed by atoms with van der Waals surface area (Å²) in [5.74, 6) is 0.382. The molecule has 1 fully saturated rings. The minimum atomic E-state index is -0.997. The van der Waals surface area contributed by atoms with Crippen LogP contribution in [0.1, 0.15) is 28.9 Å². The average molecular weight is 330 g/mol. The number of carbonyl (C=O) groups is 1. The molecule has 0 bridgehead atoms. The summed E-state index contributed by atoms with van der Waals surface area (Å²) >= 11 is 0. The van der Waals surface area contributed by atoms with Crippen LogP contribution < -0.4 is 10.2 Å². The zero-order chi connectivity index (χ0) is 17.2. The van der Waals surface area contributed by atoms with Crippen molar-refractivity contribution in [3.8, 4) is 0 Å². The first-order valence-electron chi connectivity index (χ1n) is 8.00. The van der Waals surface area contributed by atoms with Gasteiger partial charge in [-0.05, 0) is 25.8 Å². The standard InChI is InChI=1S/C16H22N6O2/c1-12-13(9-21(2)20-12)14(23)19-10-16(24)5-3-8-22(11-16)15-17-6-4-7-18-15/h4,6-7,9,24H,3,5,8,10-11H2,1-2H3,(H,19,23). The van der Waals surface area contributed by atoms with Gasteiger partial charge in [-0.2, -0.15) is 5.10 Å². The third-order valence-corrected chi connectivity index (χ3v) is 4.23. The Hall–Kier alpha value is -2.48. The van der Waals surface area contributed by atoms with E-state index in [4.69, 9.17) is 0 Å². The molecule has 0 radical (unpaired) electrons. The molecule has 8 nitrogen and oxygen atoms in total. The largest absolute Gasteiger partial charge is 0.386 e. The van der Waals surface area contributed by atoms with Gasteiger partial charge in [0.2, 0.25) is 5.95 Å². The number of aryl methyl sites for hydroxylation is 2. The summed E-state index contributed by atoms with van der Waals surface area (Å²) in [6.45, 7) is 3.16. The van der Waals surface area contributed by atoms with Gasteiger partial charge in [-0.15, -0.1) is 0 Å². The molecular formula is C16H22N6O2. The maximum Gasteiger partial charge on any atom is 0.254 e. The van der Waals surface area contributed by atoms with Crippen LogP contribution in [-0.4, -0.2) is 56.0 Å². The van der Waals surface area contributed by atoms with E-state index in [-0.39, 0.29) is 12.5 Å². The van der Waals surface area contributed by atoms with Crippen molar-refractivity contribution < 1.29 is 9.90 Å². The highest BCUT2D eigenvalue weighted by Gasteiger charge is 2.34. The number of aliphatic hydroxyl groups is 1. The second kappa shape index (κ2) is 6.56. The van der Waals surface area contributed by atoms with E-state index in [1.165, 1.54) is 0 Å². The van der Waals surface area contributed by atoms with Gasteiger partial charge in [0, 0.05) is 38.7 Å². The van der Waals surface area contributed by atoms with Gasteiger partial charge in [-0.3, -0.25) is 9.48 Å². The number of carbonyl (C=O) groups excluding carboxylic acids is 1. The summed E-state index contributed by atoms with van der Waals surface area (Å²) in [4.78, 5) is 22.7. The van der Waals surface area contributed by atoms with E-state index in [1.807, 2.05) is 4.90 Å². The fourth-order valence-corrected chi connectivity index (χ4v) is 3.04. The molecule has 1 saturated heterocycles. The Labute approximate surface area is 140 Å². The van der Waals surface area contributed by atoms with Crippen LogP contribution >= 0.6 is 0 Å². The summed E-state index contributed by atoms with van der Waals surface area (Å²) in [5, 5.41) is 17.8. The lowest BCUT2D eigenvalue weighted by Crippen LogP contribution is -2.54. The first-order valence-corrected chi connectivity index (χ1v) is 8.00. The van der Waals surface area contributed by atoms with Gasteiger partial charge in [-0.25, -0.2) is 9.97 Å². The van der Waals surface area contributed by atoms with Crippen molar-refractivity contribution in [1.82, 2.24) is 25.1 Å². The number of amides is 1. The molecule has 1 amide bonds. The molecule has 2 N–H and O–H groups in total. The lowest BCUT2D eigenvalue weighted by molar-refractivity contribution is 0.0252. The van der Waals surface area contributed by atoms with Crippen molar-refractivity contribution in [2.75, 3.05) is 24.5 Å². The highest BCUT2D eigenvalue weighted by molar-refractivity contribution is 5.95. The second-order valence-electron chi connectivity index (χ2n) is 6.28. The third-order valence-electron chi connectivity index (χ3n) is 4.23. The normalized spacial score (nSPS) is 20.9. The molecular weight excluding hydrogens is 308 g/mol. The van der Waals surface area contributed by atoms with Crippen LogP contribution in [0.2, 0.25) is 0 Å². The van der Waals surface area contributed by atoms with E-state index in [2.05, 4.69) is 20.4 Å². The first-order chi connectivity index (χ1) is 11.5. The number of nitrogens with zero attached hydrogens (tertiary/aromatic N) is 5. The number of hydrogen-bond acceptors (Lipinski definition) is 6. The number of anilines is 1. The number of nitrogens with one attached hydrogen (secondary N) is 1. The van der Waals surface area contributed by atoms with Crippen LogP contribution in [0, 0.1) is 6.92 Å². The summed E-state index contributed by atoms with van der Waals surface area (Å²) in [7, 11) is 1.77. The second-order valence-corrected chi connectivity index (χ2v) is 6.28. The molecule has 3 heterocycles. The van der Waals surface area contributed by atoms with Crippen molar-refractivity contribution in [3.63, 3.8) is 0 Å². The molecule has 1 aliphatic heterocycles. The van der Waals surface area contributed by atoms with Crippen molar-refractivity contribution in [3.05, 3.63) is 35.9 Å². The van der Waals surface area contributed by atoms with E-state index < -0.39 is 5.60 Å². The van der Waals surface area contributed by atoms with Crippen molar-refractivity contribution in [2.24, 2.45) is 7.05 Å². The molecule has 24 heavy (non-hydrogen) atoms. The fraction of sp³-hybridized carbons (Fsp3) is 0.500. The quantitative estimate of drug-likeness (QED) is 0.836. The van der Waals surface area contributed by atoms with Crippen molar-refractivity contribution >= 4 is 11.9 Å². The monoisotopic (exact) mass is 330 g/mol. The Morgan fingerprint density at radius 2 is 2.17 bits per heavy atom. The predicted molar refractivity (Wildman–Crippen MR) is 88.7 cm³/mol. The predicted octanol–water partition coefficient (Wildman–Crippen LogP) is 0.280. The van der Waals surface area contributed by atoms with E-state index in [0.29, 0.717) is 30.2 Å². The van der Waals surface area contributed by atoms with Gasteiger partial charge in [0.15, 0.2) is 0 Å².